The van der Waals surface area contributed by atoms with Gasteiger partial charge in [0.1, 0.15) is 23.6 Å². The van der Waals surface area contributed by atoms with E-state index >= 15 is 0 Å². The van der Waals surface area contributed by atoms with Gasteiger partial charge in [0.25, 0.3) is 0 Å². The first-order valence-corrected chi connectivity index (χ1v) is 12.3. The summed E-state index contributed by atoms with van der Waals surface area (Å²) >= 11 is 0. The highest BCUT2D eigenvalue weighted by atomic mass is 16.5. The van der Waals surface area contributed by atoms with Gasteiger partial charge in [0.2, 0.25) is 0 Å². The molecule has 6 nitrogen and oxygen atoms in total. The van der Waals surface area contributed by atoms with Crippen LogP contribution in [0, 0.1) is 0 Å². The molecular formula is C31H29N3O3. The normalized spacial score (nSPS) is 11.8. The van der Waals surface area contributed by atoms with Crippen LogP contribution in [0.3, 0.4) is 0 Å². The van der Waals surface area contributed by atoms with Gasteiger partial charge in [0.05, 0.1) is 25.6 Å². The van der Waals surface area contributed by atoms with Gasteiger partial charge in [0, 0.05) is 17.3 Å². The molecular weight excluding hydrogens is 462 g/mol. The molecule has 5 aromatic rings. The van der Waals surface area contributed by atoms with Crippen LogP contribution in [-0.2, 0) is 22.7 Å². The van der Waals surface area contributed by atoms with Gasteiger partial charge in [-0.1, -0.05) is 79.7 Å². The maximum absolute atomic E-state index is 11.6. The minimum Gasteiger partial charge on any atom is -0.489 e. The molecule has 0 bridgehead atoms. The van der Waals surface area contributed by atoms with Crippen molar-refractivity contribution < 1.29 is 14.3 Å². The number of hydrogen-bond acceptors (Lipinski definition) is 5. The summed E-state index contributed by atoms with van der Waals surface area (Å²) < 4.78 is 12.9. The molecule has 0 aliphatic rings. The van der Waals surface area contributed by atoms with Crippen LogP contribution < -0.4 is 4.74 Å². The Hall–Kier alpha value is -4.45. The van der Waals surface area contributed by atoms with Crippen LogP contribution in [0.5, 0.6) is 5.75 Å². The van der Waals surface area contributed by atoms with E-state index in [1.807, 2.05) is 78.5 Å². The van der Waals surface area contributed by atoms with Gasteiger partial charge < -0.3 is 9.47 Å². The summed E-state index contributed by atoms with van der Waals surface area (Å²) in [5, 5.41) is 4.95. The first-order chi connectivity index (χ1) is 18.1. The highest BCUT2D eigenvalue weighted by Crippen LogP contribution is 2.28. The number of rotatable bonds is 9. The molecule has 0 radical (unpaired) electrons. The van der Waals surface area contributed by atoms with Crippen LogP contribution >= 0.6 is 0 Å². The van der Waals surface area contributed by atoms with E-state index in [-0.39, 0.29) is 11.9 Å². The predicted octanol–water partition coefficient (Wildman–Crippen LogP) is 6.39. The van der Waals surface area contributed by atoms with Crippen molar-refractivity contribution in [2.45, 2.75) is 32.4 Å². The second-order valence-electron chi connectivity index (χ2n) is 9.11. The number of carbonyl (C=O) groups excluding carboxylic acids is 1. The Kier molecular flexibility index (Phi) is 7.26. The fourth-order valence-corrected chi connectivity index (χ4v) is 4.35. The minimum absolute atomic E-state index is 0.0804. The number of aromatic nitrogens is 3. The van der Waals surface area contributed by atoms with E-state index in [1.165, 1.54) is 12.7 Å². The number of carbonyl (C=O) groups is 1. The molecule has 6 heteroatoms. The Labute approximate surface area is 216 Å². The molecule has 186 valence electrons. The first kappa shape index (κ1) is 24.3. The van der Waals surface area contributed by atoms with Gasteiger partial charge in [-0.15, -0.1) is 0 Å². The molecule has 0 saturated heterocycles. The summed E-state index contributed by atoms with van der Waals surface area (Å²) in [6.45, 7) is 3.05. The van der Waals surface area contributed by atoms with Crippen molar-refractivity contribution in [1.29, 1.82) is 0 Å². The van der Waals surface area contributed by atoms with Crippen LogP contribution in [-0.4, -0.2) is 27.8 Å². The van der Waals surface area contributed by atoms with Crippen molar-refractivity contribution in [3.63, 3.8) is 0 Å². The van der Waals surface area contributed by atoms with E-state index in [4.69, 9.17) is 19.6 Å². The number of hydrogen-bond donors (Lipinski definition) is 0. The van der Waals surface area contributed by atoms with Gasteiger partial charge in [-0.25, -0.2) is 0 Å². The number of nitrogens with zero attached hydrogens (tertiary/aromatic N) is 3. The molecule has 0 aliphatic carbocycles. The molecule has 1 unspecified atom stereocenters. The Morgan fingerprint density at radius 1 is 0.919 bits per heavy atom. The Morgan fingerprint density at radius 2 is 1.62 bits per heavy atom. The lowest BCUT2D eigenvalue weighted by Crippen LogP contribution is -2.06. The topological polar surface area (TPSA) is 66.2 Å². The van der Waals surface area contributed by atoms with Crippen molar-refractivity contribution >= 4 is 17.0 Å². The predicted molar refractivity (Wildman–Crippen MR) is 144 cm³/mol. The van der Waals surface area contributed by atoms with E-state index in [1.54, 1.807) is 0 Å². The largest absolute Gasteiger partial charge is 0.489 e. The molecule has 37 heavy (non-hydrogen) atoms. The summed E-state index contributed by atoms with van der Waals surface area (Å²) in [7, 11) is 1.41. The van der Waals surface area contributed by atoms with E-state index < -0.39 is 0 Å². The van der Waals surface area contributed by atoms with Gasteiger partial charge >= 0.3 is 5.97 Å². The molecule has 2 aromatic heterocycles. The smallest absolute Gasteiger partial charge is 0.306 e. The van der Waals surface area contributed by atoms with Crippen molar-refractivity contribution in [2.75, 3.05) is 7.11 Å². The molecule has 5 rings (SSSR count). The zero-order chi connectivity index (χ0) is 25.6. The van der Waals surface area contributed by atoms with Crippen molar-refractivity contribution in [3.8, 4) is 17.0 Å². The molecule has 0 N–H and O–H groups in total. The third kappa shape index (κ3) is 5.70. The van der Waals surface area contributed by atoms with Crippen LogP contribution in [0.1, 0.15) is 36.0 Å². The maximum Gasteiger partial charge on any atom is 0.306 e. The van der Waals surface area contributed by atoms with Crippen molar-refractivity contribution in [2.24, 2.45) is 0 Å². The number of esters is 1. The zero-order valence-corrected chi connectivity index (χ0v) is 21.0. The van der Waals surface area contributed by atoms with Crippen LogP contribution in [0.25, 0.3) is 22.3 Å². The number of benzene rings is 3. The summed E-state index contributed by atoms with van der Waals surface area (Å²) in [6.07, 6.45) is 2.21. The zero-order valence-electron chi connectivity index (χ0n) is 21.0. The Bertz CT molecular complexity index is 1480. The molecule has 0 fully saturated rings. The van der Waals surface area contributed by atoms with Crippen LogP contribution in [0.15, 0.2) is 97.2 Å². The Balaban J connectivity index is 1.37. The van der Waals surface area contributed by atoms with Gasteiger partial charge in [0.15, 0.2) is 0 Å². The van der Waals surface area contributed by atoms with E-state index in [9.17, 15) is 4.79 Å². The van der Waals surface area contributed by atoms with Gasteiger partial charge in [-0.3, -0.25) is 14.5 Å². The molecule has 3 aromatic carbocycles. The van der Waals surface area contributed by atoms with Gasteiger partial charge in [-0.05, 0) is 35.2 Å². The first-order valence-electron chi connectivity index (χ1n) is 12.3. The second-order valence-corrected chi connectivity index (χ2v) is 9.11. The monoisotopic (exact) mass is 491 g/mol. The standard InChI is InChI=1S/C31H29N3O3/c1-22(17-29(35)36-2)25-13-15-27(16-14-25)37-21-24-18-28-31(32-19-24)30(26-11-7-4-8-12-26)33-34(28)20-23-9-5-3-6-10-23/h3-16,18-19,22H,17,20-21H2,1-2H3. The van der Waals surface area contributed by atoms with Crippen molar-refractivity contribution in [1.82, 2.24) is 14.8 Å². The summed E-state index contributed by atoms with van der Waals surface area (Å²) in [4.78, 5) is 16.4. The molecule has 2 heterocycles. The SMILES string of the molecule is COC(=O)CC(C)c1ccc(OCc2cnc3c(-c4ccccc4)nn(Cc4ccccc4)c3c2)cc1. The van der Waals surface area contributed by atoms with Crippen molar-refractivity contribution in [3.05, 3.63) is 114 Å². The summed E-state index contributed by atoms with van der Waals surface area (Å²) in [5.74, 6) is 0.631. The molecule has 0 spiro atoms. The van der Waals surface area contributed by atoms with E-state index in [0.717, 1.165) is 39.2 Å². The summed E-state index contributed by atoms with van der Waals surface area (Å²) in [5.41, 5.74) is 6.96. The third-order valence-corrected chi connectivity index (χ3v) is 6.42. The molecule has 0 aliphatic heterocycles. The number of methoxy groups -OCH3 is 1. The number of ether oxygens (including phenoxy) is 2. The molecule has 1 atom stereocenters. The van der Waals surface area contributed by atoms with Crippen LogP contribution in [0.2, 0.25) is 0 Å². The fraction of sp³-hybridized carbons (Fsp3) is 0.194. The fourth-order valence-electron chi connectivity index (χ4n) is 4.35. The number of pyridine rings is 1. The quantitative estimate of drug-likeness (QED) is 0.224. The van der Waals surface area contributed by atoms with E-state index in [2.05, 4.69) is 30.3 Å². The second kappa shape index (κ2) is 11.1. The minimum atomic E-state index is -0.211. The summed E-state index contributed by atoms with van der Waals surface area (Å²) in [6, 6.07) is 30.4. The molecule has 0 amide bonds. The highest BCUT2D eigenvalue weighted by Gasteiger charge is 2.15. The van der Waals surface area contributed by atoms with Crippen LogP contribution in [0.4, 0.5) is 0 Å². The number of fused-ring (bicyclic) bond motifs is 1. The lowest BCUT2D eigenvalue weighted by atomic mass is 9.98. The lowest BCUT2D eigenvalue weighted by Gasteiger charge is -2.12. The maximum atomic E-state index is 11.6. The third-order valence-electron chi connectivity index (χ3n) is 6.42. The average molecular weight is 492 g/mol. The average Bonchev–Trinajstić information content (AvgIpc) is 3.30. The highest BCUT2D eigenvalue weighted by molar-refractivity contribution is 5.90. The van der Waals surface area contributed by atoms with E-state index in [0.29, 0.717) is 19.6 Å². The lowest BCUT2D eigenvalue weighted by molar-refractivity contribution is -0.140. The Morgan fingerprint density at radius 3 is 2.32 bits per heavy atom. The molecule has 0 saturated carbocycles. The van der Waals surface area contributed by atoms with Gasteiger partial charge in [-0.2, -0.15) is 5.10 Å².